The molecule has 0 fully saturated rings. The van der Waals surface area contributed by atoms with E-state index >= 15 is 0 Å². The lowest BCUT2D eigenvalue weighted by Crippen LogP contribution is -2.13. The van der Waals surface area contributed by atoms with Gasteiger partial charge in [0.15, 0.2) is 11.0 Å². The average Bonchev–Trinajstić information content (AvgIpc) is 3.44. The minimum atomic E-state index is 0.0458. The molecule has 5 nitrogen and oxygen atoms in total. The number of nitrogens with one attached hydrogen (secondary N) is 1. The molecular weight excluding hydrogens is 436 g/mol. The monoisotopic (exact) mass is 462 g/mol. The summed E-state index contributed by atoms with van der Waals surface area (Å²) in [4.78, 5) is 13.6. The van der Waals surface area contributed by atoms with Crippen molar-refractivity contribution < 1.29 is 4.79 Å². The topological polar surface area (TPSA) is 59.8 Å². The maximum atomic E-state index is 12.5. The lowest BCUT2D eigenvalue weighted by Gasteiger charge is -2.13. The van der Waals surface area contributed by atoms with Crippen molar-refractivity contribution in [3.63, 3.8) is 0 Å². The Morgan fingerprint density at radius 2 is 1.78 bits per heavy atom. The molecule has 0 aliphatic heterocycles. The zero-order valence-electron chi connectivity index (χ0n) is 18.5. The number of benzene rings is 2. The second-order valence-corrected chi connectivity index (χ2v) is 9.74. The molecule has 0 saturated heterocycles. The Hall–Kier alpha value is -2.90. The van der Waals surface area contributed by atoms with E-state index in [1.54, 1.807) is 23.1 Å². The van der Waals surface area contributed by atoms with Crippen LogP contribution in [0.5, 0.6) is 0 Å². The number of hydrogen-bond donors (Lipinski definition) is 1. The molecule has 0 unspecified atom stereocenters. The molecule has 0 spiro atoms. The third-order valence-corrected chi connectivity index (χ3v) is 6.99. The number of amides is 1. The first-order valence-electron chi connectivity index (χ1n) is 10.6. The fraction of sp³-hybridized carbons (Fsp3) is 0.240. The van der Waals surface area contributed by atoms with Crippen molar-refractivity contribution in [1.29, 1.82) is 0 Å². The number of nitrogens with zero attached hydrogens (tertiary/aromatic N) is 3. The van der Waals surface area contributed by atoms with Crippen LogP contribution in [-0.4, -0.2) is 26.4 Å². The highest BCUT2D eigenvalue weighted by Crippen LogP contribution is 2.30. The van der Waals surface area contributed by atoms with Crippen molar-refractivity contribution in [3.8, 4) is 16.4 Å². The highest BCUT2D eigenvalue weighted by molar-refractivity contribution is 7.99. The lowest BCUT2D eigenvalue weighted by atomic mass is 10.0. The summed E-state index contributed by atoms with van der Waals surface area (Å²) >= 11 is 3.28. The van der Waals surface area contributed by atoms with E-state index in [1.165, 1.54) is 5.56 Å². The van der Waals surface area contributed by atoms with Crippen LogP contribution in [0.3, 0.4) is 0 Å². The predicted molar refractivity (Wildman–Crippen MR) is 134 cm³/mol. The van der Waals surface area contributed by atoms with Crippen LogP contribution in [0.2, 0.25) is 0 Å². The molecule has 4 aromatic rings. The zero-order chi connectivity index (χ0) is 22.5. The number of thioether (sulfide) groups is 1. The Labute approximate surface area is 196 Å². The molecule has 2 aromatic heterocycles. The maximum Gasteiger partial charge on any atom is 0.224 e. The van der Waals surface area contributed by atoms with E-state index in [0.29, 0.717) is 6.42 Å². The molecule has 0 radical (unpaired) electrons. The first kappa shape index (κ1) is 22.3. The molecule has 1 amide bonds. The van der Waals surface area contributed by atoms with Crippen LogP contribution in [0.15, 0.2) is 65.1 Å². The largest absolute Gasteiger partial charge is 0.326 e. The minimum Gasteiger partial charge on any atom is -0.326 e. The molecule has 1 N–H and O–H groups in total. The molecule has 0 saturated carbocycles. The molecule has 2 aromatic carbocycles. The summed E-state index contributed by atoms with van der Waals surface area (Å²) in [6, 6.07) is 18.4. The molecule has 4 rings (SSSR count). The van der Waals surface area contributed by atoms with Crippen LogP contribution in [0.25, 0.3) is 16.4 Å². The molecule has 0 aliphatic rings. The Morgan fingerprint density at radius 3 is 2.47 bits per heavy atom. The fourth-order valence-electron chi connectivity index (χ4n) is 3.71. The number of rotatable bonds is 8. The van der Waals surface area contributed by atoms with E-state index < -0.39 is 0 Å². The smallest absolute Gasteiger partial charge is 0.224 e. The summed E-state index contributed by atoms with van der Waals surface area (Å²) in [5.74, 6) is 1.68. The number of anilines is 1. The van der Waals surface area contributed by atoms with E-state index in [2.05, 4.69) is 57.3 Å². The van der Waals surface area contributed by atoms with Crippen molar-refractivity contribution in [2.75, 3.05) is 11.1 Å². The maximum absolute atomic E-state index is 12.5. The van der Waals surface area contributed by atoms with Gasteiger partial charge in [-0.2, -0.15) is 0 Å². The second kappa shape index (κ2) is 10.1. The number of thiophene rings is 1. The Balaban J connectivity index is 1.40. The third kappa shape index (κ3) is 5.11. The van der Waals surface area contributed by atoms with E-state index in [-0.39, 0.29) is 5.91 Å². The van der Waals surface area contributed by atoms with Crippen molar-refractivity contribution in [2.45, 2.75) is 38.8 Å². The van der Waals surface area contributed by atoms with Gasteiger partial charge in [-0.15, -0.1) is 21.5 Å². The van der Waals surface area contributed by atoms with Gasteiger partial charge < -0.3 is 5.32 Å². The fourth-order valence-corrected chi connectivity index (χ4v) is 5.30. The quantitative estimate of drug-likeness (QED) is 0.242. The minimum absolute atomic E-state index is 0.0458. The highest BCUT2D eigenvalue weighted by Gasteiger charge is 2.17. The summed E-state index contributed by atoms with van der Waals surface area (Å²) in [5.41, 5.74) is 5.37. The van der Waals surface area contributed by atoms with Gasteiger partial charge in [-0.1, -0.05) is 53.7 Å². The summed E-state index contributed by atoms with van der Waals surface area (Å²) in [6.07, 6.45) is 1.23. The molecule has 0 bridgehead atoms. The van der Waals surface area contributed by atoms with E-state index in [1.807, 2.05) is 43.5 Å². The molecule has 0 atom stereocenters. The standard InChI is InChI=1S/C25H26N4OS2/c1-17-15-18(2)23(19(3)16-17)26-22(30)12-8-14-32-25-28-27-24(21-11-7-13-31-21)29(25)20-9-5-4-6-10-20/h4-7,9-11,13,15-16H,8,12,14H2,1-3H3,(H,26,30). The number of para-hydroxylation sites is 1. The number of hydrogen-bond acceptors (Lipinski definition) is 5. The van der Waals surface area contributed by atoms with Gasteiger partial charge in [0.1, 0.15) is 0 Å². The van der Waals surface area contributed by atoms with Crippen molar-refractivity contribution in [3.05, 3.63) is 76.7 Å². The summed E-state index contributed by atoms with van der Waals surface area (Å²) in [5, 5.41) is 14.9. The van der Waals surface area contributed by atoms with Gasteiger partial charge in [-0.05, 0) is 61.9 Å². The Kier molecular flexibility index (Phi) is 7.07. The Morgan fingerprint density at radius 1 is 1.03 bits per heavy atom. The van der Waals surface area contributed by atoms with Gasteiger partial charge in [0, 0.05) is 23.5 Å². The first-order valence-corrected chi connectivity index (χ1v) is 12.4. The summed E-state index contributed by atoms with van der Waals surface area (Å²) < 4.78 is 2.09. The van der Waals surface area contributed by atoms with Crippen LogP contribution in [0, 0.1) is 20.8 Å². The van der Waals surface area contributed by atoms with Gasteiger partial charge in [0.2, 0.25) is 5.91 Å². The van der Waals surface area contributed by atoms with E-state index in [9.17, 15) is 4.79 Å². The predicted octanol–water partition coefficient (Wildman–Crippen LogP) is 6.43. The van der Waals surface area contributed by atoms with Crippen molar-refractivity contribution in [1.82, 2.24) is 14.8 Å². The number of carbonyl (C=O) groups excluding carboxylic acids is 1. The number of carbonyl (C=O) groups is 1. The van der Waals surface area contributed by atoms with Crippen LogP contribution in [0.4, 0.5) is 5.69 Å². The summed E-state index contributed by atoms with van der Waals surface area (Å²) in [7, 11) is 0. The van der Waals surface area contributed by atoms with Crippen LogP contribution in [-0.2, 0) is 4.79 Å². The highest BCUT2D eigenvalue weighted by atomic mass is 32.2. The lowest BCUT2D eigenvalue weighted by molar-refractivity contribution is -0.116. The normalized spacial score (nSPS) is 11.0. The molecule has 2 heterocycles. The molecule has 164 valence electrons. The van der Waals surface area contributed by atoms with Crippen molar-refractivity contribution >= 4 is 34.7 Å². The van der Waals surface area contributed by atoms with Gasteiger partial charge in [0.25, 0.3) is 0 Å². The zero-order valence-corrected chi connectivity index (χ0v) is 20.1. The van der Waals surface area contributed by atoms with Gasteiger partial charge in [-0.3, -0.25) is 9.36 Å². The number of aromatic nitrogens is 3. The van der Waals surface area contributed by atoms with E-state index in [4.69, 9.17) is 0 Å². The van der Waals surface area contributed by atoms with E-state index in [0.717, 1.165) is 50.5 Å². The molecule has 32 heavy (non-hydrogen) atoms. The number of aryl methyl sites for hydroxylation is 3. The van der Waals surface area contributed by atoms with Crippen molar-refractivity contribution in [2.24, 2.45) is 0 Å². The third-order valence-electron chi connectivity index (χ3n) is 5.11. The van der Waals surface area contributed by atoms with Gasteiger partial charge in [-0.25, -0.2) is 0 Å². The van der Waals surface area contributed by atoms with Crippen LogP contribution in [0.1, 0.15) is 29.5 Å². The first-order chi connectivity index (χ1) is 15.5. The molecular formula is C25H26N4OS2. The SMILES string of the molecule is Cc1cc(C)c(NC(=O)CCCSc2nnc(-c3cccs3)n2-c2ccccc2)c(C)c1. The molecule has 7 heteroatoms. The molecule has 0 aliphatic carbocycles. The summed E-state index contributed by atoms with van der Waals surface area (Å²) in [6.45, 7) is 6.14. The second-order valence-electron chi connectivity index (χ2n) is 7.73. The average molecular weight is 463 g/mol. The van der Waals surface area contributed by atoms with Crippen LogP contribution < -0.4 is 5.32 Å². The van der Waals surface area contributed by atoms with Gasteiger partial charge >= 0.3 is 0 Å². The Bertz CT molecular complexity index is 1180. The van der Waals surface area contributed by atoms with Crippen LogP contribution >= 0.6 is 23.1 Å². The van der Waals surface area contributed by atoms with Gasteiger partial charge in [0.05, 0.1) is 4.88 Å².